The van der Waals surface area contributed by atoms with Gasteiger partial charge in [0.2, 0.25) is 0 Å². The molecule has 0 radical (unpaired) electrons. The molecule has 2 aromatic carbocycles. The van der Waals surface area contributed by atoms with E-state index in [0.29, 0.717) is 5.92 Å². The van der Waals surface area contributed by atoms with Crippen LogP contribution < -0.4 is 5.19 Å². The van der Waals surface area contributed by atoms with Gasteiger partial charge in [-0.1, -0.05) is 44.7 Å². The summed E-state index contributed by atoms with van der Waals surface area (Å²) in [4.78, 5) is 5.19. The molecule has 0 amide bonds. The number of rotatable bonds is 4. The minimum atomic E-state index is -1.48. The SMILES string of the molecule is CCC(C)c1cc([Si](C)(C)C)c2c(C)cc(-c3cc(C)c(C)c(C)c3)nc2c1. The summed E-state index contributed by atoms with van der Waals surface area (Å²) in [5.41, 5.74) is 10.3. The zero-order valence-corrected chi connectivity index (χ0v) is 20.1. The van der Waals surface area contributed by atoms with Gasteiger partial charge in [-0.2, -0.15) is 0 Å². The molecule has 148 valence electrons. The predicted molar refractivity (Wildman–Crippen MR) is 128 cm³/mol. The normalized spacial score (nSPS) is 13.2. The fraction of sp³-hybridized carbons (Fsp3) is 0.423. The summed E-state index contributed by atoms with van der Waals surface area (Å²) in [6, 6.07) is 11.7. The Morgan fingerprint density at radius 2 is 1.46 bits per heavy atom. The molecule has 1 nitrogen and oxygen atoms in total. The van der Waals surface area contributed by atoms with E-state index in [1.807, 2.05) is 0 Å². The molecule has 0 saturated carbocycles. The van der Waals surface area contributed by atoms with Crippen LogP contribution in [0.5, 0.6) is 0 Å². The second kappa shape index (κ2) is 7.48. The summed E-state index contributed by atoms with van der Waals surface area (Å²) in [7, 11) is -1.48. The number of hydrogen-bond acceptors (Lipinski definition) is 1. The van der Waals surface area contributed by atoms with E-state index in [2.05, 4.69) is 91.5 Å². The molecule has 0 aliphatic rings. The maximum Gasteiger partial charge on any atom is 0.0785 e. The maximum absolute atomic E-state index is 5.19. The molecular weight excluding hydrogens is 354 g/mol. The minimum Gasteiger partial charge on any atom is -0.248 e. The Morgan fingerprint density at radius 3 is 2.00 bits per heavy atom. The highest BCUT2D eigenvalue weighted by atomic mass is 28.3. The molecular formula is C26H35NSi. The first-order valence-electron chi connectivity index (χ1n) is 10.6. The zero-order chi connectivity index (χ0) is 20.8. The fourth-order valence-electron chi connectivity index (χ4n) is 4.03. The number of hydrogen-bond donors (Lipinski definition) is 0. The molecule has 0 saturated heterocycles. The molecule has 1 atom stereocenters. The van der Waals surface area contributed by atoms with E-state index in [0.717, 1.165) is 12.1 Å². The number of nitrogens with zero attached hydrogens (tertiary/aromatic N) is 1. The average Bonchev–Trinajstić information content (AvgIpc) is 2.63. The summed E-state index contributed by atoms with van der Waals surface area (Å²) >= 11 is 0. The Morgan fingerprint density at radius 1 is 0.857 bits per heavy atom. The summed E-state index contributed by atoms with van der Waals surface area (Å²) in [5.74, 6) is 0.564. The molecule has 0 aliphatic heterocycles. The zero-order valence-electron chi connectivity index (χ0n) is 19.1. The molecule has 2 heteroatoms. The van der Waals surface area contributed by atoms with Gasteiger partial charge in [-0.15, -0.1) is 0 Å². The number of fused-ring (bicyclic) bond motifs is 1. The van der Waals surface area contributed by atoms with Crippen molar-refractivity contribution in [2.75, 3.05) is 0 Å². The molecule has 0 spiro atoms. The number of aryl methyl sites for hydroxylation is 3. The van der Waals surface area contributed by atoms with E-state index in [-0.39, 0.29) is 0 Å². The average molecular weight is 390 g/mol. The van der Waals surface area contributed by atoms with E-state index in [9.17, 15) is 0 Å². The fourth-order valence-corrected chi connectivity index (χ4v) is 5.71. The van der Waals surface area contributed by atoms with E-state index in [4.69, 9.17) is 4.98 Å². The molecule has 3 aromatic rings. The summed E-state index contributed by atoms with van der Waals surface area (Å²) in [6.45, 7) is 20.8. The summed E-state index contributed by atoms with van der Waals surface area (Å²) in [6.07, 6.45) is 1.16. The van der Waals surface area contributed by atoms with Gasteiger partial charge >= 0.3 is 0 Å². The number of aromatic nitrogens is 1. The largest absolute Gasteiger partial charge is 0.248 e. The van der Waals surface area contributed by atoms with Gasteiger partial charge in [0.1, 0.15) is 0 Å². The minimum absolute atomic E-state index is 0.564. The molecule has 0 N–H and O–H groups in total. The Bertz CT molecular complexity index is 1020. The molecule has 0 bridgehead atoms. The first kappa shape index (κ1) is 20.8. The van der Waals surface area contributed by atoms with Gasteiger partial charge in [-0.05, 0) is 92.1 Å². The highest BCUT2D eigenvalue weighted by Gasteiger charge is 2.23. The predicted octanol–water partition coefficient (Wildman–Crippen LogP) is 7.19. The van der Waals surface area contributed by atoms with Gasteiger partial charge in [0.05, 0.1) is 19.3 Å². The van der Waals surface area contributed by atoms with Gasteiger partial charge in [-0.25, -0.2) is 4.98 Å². The standard InChI is InChI=1S/C26H35NSi/c1-10-16(2)21-14-24-26(25(15-21)28(7,8)9)19(5)13-23(27-24)22-11-17(3)20(6)18(4)12-22/h11-16H,10H2,1-9H3. The van der Waals surface area contributed by atoms with E-state index < -0.39 is 8.07 Å². The van der Waals surface area contributed by atoms with Gasteiger partial charge in [0.15, 0.2) is 0 Å². The van der Waals surface area contributed by atoms with Crippen LogP contribution >= 0.6 is 0 Å². The lowest BCUT2D eigenvalue weighted by Gasteiger charge is -2.24. The van der Waals surface area contributed by atoms with Crippen molar-refractivity contribution in [1.82, 2.24) is 4.98 Å². The van der Waals surface area contributed by atoms with Gasteiger partial charge < -0.3 is 0 Å². The maximum atomic E-state index is 5.19. The lowest BCUT2D eigenvalue weighted by molar-refractivity contribution is 0.735. The van der Waals surface area contributed by atoms with Crippen LogP contribution in [0.15, 0.2) is 30.3 Å². The van der Waals surface area contributed by atoms with Crippen molar-refractivity contribution in [2.24, 2.45) is 0 Å². The molecule has 0 aliphatic carbocycles. The third-order valence-electron chi connectivity index (χ3n) is 6.34. The summed E-state index contributed by atoms with van der Waals surface area (Å²) in [5, 5.41) is 2.93. The van der Waals surface area contributed by atoms with Crippen molar-refractivity contribution in [3.8, 4) is 11.3 Å². The number of pyridine rings is 1. The van der Waals surface area contributed by atoms with Crippen LogP contribution in [0.2, 0.25) is 19.6 Å². The second-order valence-corrected chi connectivity index (χ2v) is 14.6. The Kier molecular flexibility index (Phi) is 5.55. The van der Waals surface area contributed by atoms with E-state index in [1.54, 1.807) is 5.19 Å². The monoisotopic (exact) mass is 389 g/mol. The molecule has 28 heavy (non-hydrogen) atoms. The van der Waals surface area contributed by atoms with Crippen molar-refractivity contribution in [3.63, 3.8) is 0 Å². The smallest absolute Gasteiger partial charge is 0.0785 e. The lowest BCUT2D eigenvalue weighted by Crippen LogP contribution is -2.39. The summed E-state index contributed by atoms with van der Waals surface area (Å²) < 4.78 is 0. The third kappa shape index (κ3) is 3.80. The first-order chi connectivity index (χ1) is 13.0. The van der Waals surface area contributed by atoms with E-state index >= 15 is 0 Å². The van der Waals surface area contributed by atoms with Crippen LogP contribution in [0.3, 0.4) is 0 Å². The van der Waals surface area contributed by atoms with Gasteiger partial charge in [-0.3, -0.25) is 0 Å². The molecule has 0 fully saturated rings. The second-order valence-electron chi connectivity index (χ2n) is 9.58. The Hall–Kier alpha value is -1.93. The third-order valence-corrected chi connectivity index (χ3v) is 8.35. The van der Waals surface area contributed by atoms with Crippen molar-refractivity contribution in [1.29, 1.82) is 0 Å². The van der Waals surface area contributed by atoms with Crippen LogP contribution in [-0.2, 0) is 0 Å². The quantitative estimate of drug-likeness (QED) is 0.430. The first-order valence-corrected chi connectivity index (χ1v) is 14.1. The topological polar surface area (TPSA) is 12.9 Å². The Labute approximate surface area is 172 Å². The van der Waals surface area contributed by atoms with E-state index in [1.165, 1.54) is 44.3 Å². The highest BCUT2D eigenvalue weighted by molar-refractivity contribution is 6.90. The van der Waals surface area contributed by atoms with Crippen molar-refractivity contribution in [2.45, 2.75) is 73.5 Å². The lowest BCUT2D eigenvalue weighted by atomic mass is 9.95. The van der Waals surface area contributed by atoms with Gasteiger partial charge in [0.25, 0.3) is 0 Å². The molecule has 3 rings (SSSR count). The van der Waals surface area contributed by atoms with Crippen LogP contribution in [0.4, 0.5) is 0 Å². The van der Waals surface area contributed by atoms with Gasteiger partial charge in [0, 0.05) is 10.9 Å². The van der Waals surface area contributed by atoms with Crippen molar-refractivity contribution >= 4 is 24.2 Å². The molecule has 1 aromatic heterocycles. The van der Waals surface area contributed by atoms with Crippen LogP contribution in [0.1, 0.15) is 54.0 Å². The van der Waals surface area contributed by atoms with Crippen LogP contribution in [0.25, 0.3) is 22.2 Å². The van der Waals surface area contributed by atoms with Crippen molar-refractivity contribution < 1.29 is 0 Å². The molecule has 1 heterocycles. The van der Waals surface area contributed by atoms with Crippen LogP contribution in [-0.4, -0.2) is 13.1 Å². The highest BCUT2D eigenvalue weighted by Crippen LogP contribution is 2.30. The van der Waals surface area contributed by atoms with Crippen molar-refractivity contribution in [3.05, 3.63) is 58.1 Å². The van der Waals surface area contributed by atoms with Crippen LogP contribution in [0, 0.1) is 27.7 Å². The number of benzene rings is 2. The Balaban J connectivity index is 2.33. The molecule has 1 unspecified atom stereocenters.